The van der Waals surface area contributed by atoms with E-state index in [-0.39, 0.29) is 11.9 Å². The number of H-pyrrole nitrogens is 1. The lowest BCUT2D eigenvalue weighted by molar-refractivity contribution is 0.0546. The molecule has 1 aliphatic rings. The molecule has 168 valence electrons. The van der Waals surface area contributed by atoms with Gasteiger partial charge < -0.3 is 9.42 Å². The Kier molecular flexibility index (Phi) is 5.75. The maximum absolute atomic E-state index is 13.0. The van der Waals surface area contributed by atoms with Gasteiger partial charge in [0.2, 0.25) is 11.7 Å². The Balaban J connectivity index is 1.20. The summed E-state index contributed by atoms with van der Waals surface area (Å²) in [6.45, 7) is 6.82. The van der Waals surface area contributed by atoms with Crippen molar-refractivity contribution < 1.29 is 9.32 Å². The van der Waals surface area contributed by atoms with E-state index in [1.807, 2.05) is 72.5 Å². The Morgan fingerprint density at radius 1 is 1.00 bits per heavy atom. The summed E-state index contributed by atoms with van der Waals surface area (Å²) in [6.07, 6.45) is 0. The predicted octanol–water partition coefficient (Wildman–Crippen LogP) is 3.95. The Labute approximate surface area is 192 Å². The quantitative estimate of drug-likeness (QED) is 0.503. The summed E-state index contributed by atoms with van der Waals surface area (Å²) in [4.78, 5) is 21.7. The zero-order valence-electron chi connectivity index (χ0n) is 18.7. The van der Waals surface area contributed by atoms with Crippen molar-refractivity contribution in [2.24, 2.45) is 0 Å². The molecule has 33 heavy (non-hydrogen) atoms. The Hall–Kier alpha value is -3.78. The maximum atomic E-state index is 13.0. The smallest absolute Gasteiger partial charge is 0.271 e. The molecule has 1 amide bonds. The van der Waals surface area contributed by atoms with Crippen LogP contribution in [0.4, 0.5) is 0 Å². The molecule has 5 rings (SSSR count). The maximum Gasteiger partial charge on any atom is 0.271 e. The number of rotatable bonds is 5. The van der Waals surface area contributed by atoms with Gasteiger partial charge in [-0.2, -0.15) is 10.1 Å². The molecule has 0 bridgehead atoms. The van der Waals surface area contributed by atoms with Gasteiger partial charge in [0.25, 0.3) is 5.91 Å². The summed E-state index contributed by atoms with van der Waals surface area (Å²) in [5, 5.41) is 11.4. The molecule has 8 heteroatoms. The van der Waals surface area contributed by atoms with Crippen molar-refractivity contribution in [3.8, 4) is 22.6 Å². The van der Waals surface area contributed by atoms with Crippen LogP contribution < -0.4 is 0 Å². The third-order valence-corrected chi connectivity index (χ3v) is 6.14. The molecule has 1 saturated heterocycles. The second-order valence-electron chi connectivity index (χ2n) is 8.36. The first kappa shape index (κ1) is 21.1. The van der Waals surface area contributed by atoms with Gasteiger partial charge in [0.05, 0.1) is 11.7 Å². The van der Waals surface area contributed by atoms with E-state index < -0.39 is 0 Å². The molecule has 0 aliphatic carbocycles. The minimum absolute atomic E-state index is 0.0208. The minimum atomic E-state index is -0.0303. The van der Waals surface area contributed by atoms with Crippen LogP contribution >= 0.6 is 0 Å². The largest absolute Gasteiger partial charge is 0.337 e. The molecule has 1 N–H and O–H groups in total. The van der Waals surface area contributed by atoms with E-state index in [0.717, 1.165) is 29.9 Å². The SMILES string of the molecule is Cc1ccc(-c2cc(C(=O)N3CCN(C(C)c4nc(-c5ccccc5)no4)CC3)[nH]n2)cc1. The standard InChI is InChI=1S/C25H26N6O2/c1-17-8-10-19(11-9-17)21-16-22(28-27-21)25(32)31-14-12-30(13-15-31)18(2)24-26-23(29-33-24)20-6-4-3-5-7-20/h3-11,16,18H,12-15H2,1-2H3,(H,27,28). The fourth-order valence-electron chi connectivity index (χ4n) is 4.05. The highest BCUT2D eigenvalue weighted by Gasteiger charge is 2.29. The first-order valence-electron chi connectivity index (χ1n) is 11.1. The predicted molar refractivity (Wildman–Crippen MR) is 124 cm³/mol. The van der Waals surface area contributed by atoms with Gasteiger partial charge in [-0.05, 0) is 19.9 Å². The van der Waals surface area contributed by atoms with Gasteiger partial charge in [0.15, 0.2) is 0 Å². The number of amides is 1. The number of aromatic amines is 1. The molecule has 8 nitrogen and oxygen atoms in total. The number of nitrogens with zero attached hydrogens (tertiary/aromatic N) is 5. The van der Waals surface area contributed by atoms with Crippen molar-refractivity contribution in [2.75, 3.05) is 26.2 Å². The molecule has 2 aromatic heterocycles. The number of hydrogen-bond acceptors (Lipinski definition) is 6. The number of aryl methyl sites for hydroxylation is 1. The molecule has 1 atom stereocenters. The molecule has 1 fully saturated rings. The second kappa shape index (κ2) is 8.99. The topological polar surface area (TPSA) is 91.2 Å². The monoisotopic (exact) mass is 442 g/mol. The van der Waals surface area contributed by atoms with Crippen LogP contribution in [-0.4, -0.2) is 62.2 Å². The lowest BCUT2D eigenvalue weighted by Crippen LogP contribution is -2.49. The van der Waals surface area contributed by atoms with Crippen LogP contribution in [0.1, 0.15) is 34.9 Å². The molecule has 1 unspecified atom stereocenters. The van der Waals surface area contributed by atoms with Crippen LogP contribution in [0.25, 0.3) is 22.6 Å². The van der Waals surface area contributed by atoms with E-state index in [1.54, 1.807) is 0 Å². The molecule has 4 aromatic rings. The second-order valence-corrected chi connectivity index (χ2v) is 8.36. The number of carbonyl (C=O) groups excluding carboxylic acids is 1. The fraction of sp³-hybridized carbons (Fsp3) is 0.280. The number of piperazine rings is 1. The highest BCUT2D eigenvalue weighted by molar-refractivity contribution is 5.93. The van der Waals surface area contributed by atoms with E-state index in [9.17, 15) is 4.79 Å². The molecule has 0 spiro atoms. The van der Waals surface area contributed by atoms with E-state index in [2.05, 4.69) is 32.2 Å². The fourth-order valence-corrected chi connectivity index (χ4v) is 4.05. The van der Waals surface area contributed by atoms with Crippen LogP contribution in [0.3, 0.4) is 0 Å². The Morgan fingerprint density at radius 2 is 1.73 bits per heavy atom. The van der Waals surface area contributed by atoms with Gasteiger partial charge in [-0.15, -0.1) is 0 Å². The molecule has 0 radical (unpaired) electrons. The highest BCUT2D eigenvalue weighted by Crippen LogP contribution is 2.24. The van der Waals surface area contributed by atoms with Gasteiger partial charge in [-0.1, -0.05) is 65.3 Å². The highest BCUT2D eigenvalue weighted by atomic mass is 16.5. The van der Waals surface area contributed by atoms with E-state index in [1.165, 1.54) is 5.56 Å². The summed E-state index contributed by atoms with van der Waals surface area (Å²) < 4.78 is 5.53. The summed E-state index contributed by atoms with van der Waals surface area (Å²) in [5.74, 6) is 1.15. The van der Waals surface area contributed by atoms with Gasteiger partial charge in [-0.25, -0.2) is 0 Å². The van der Waals surface area contributed by atoms with Crippen LogP contribution in [0.15, 0.2) is 65.2 Å². The van der Waals surface area contributed by atoms with Gasteiger partial charge in [-0.3, -0.25) is 14.8 Å². The molecule has 2 aromatic carbocycles. The number of hydrogen-bond donors (Lipinski definition) is 1. The summed E-state index contributed by atoms with van der Waals surface area (Å²) in [7, 11) is 0. The number of carbonyl (C=O) groups is 1. The lowest BCUT2D eigenvalue weighted by Gasteiger charge is -2.36. The molecular weight excluding hydrogens is 416 g/mol. The van der Waals surface area contributed by atoms with Gasteiger partial charge in [0.1, 0.15) is 5.69 Å². The van der Waals surface area contributed by atoms with E-state index in [0.29, 0.717) is 30.5 Å². The Morgan fingerprint density at radius 3 is 2.45 bits per heavy atom. The summed E-state index contributed by atoms with van der Waals surface area (Å²) in [5.41, 5.74) is 4.39. The van der Waals surface area contributed by atoms with Crippen molar-refractivity contribution in [2.45, 2.75) is 19.9 Å². The third-order valence-electron chi connectivity index (χ3n) is 6.14. The lowest BCUT2D eigenvalue weighted by atomic mass is 10.1. The normalized spacial score (nSPS) is 15.5. The van der Waals surface area contributed by atoms with Crippen LogP contribution in [0, 0.1) is 6.92 Å². The van der Waals surface area contributed by atoms with Crippen LogP contribution in [0.5, 0.6) is 0 Å². The third kappa shape index (κ3) is 4.42. The molecule has 0 saturated carbocycles. The van der Waals surface area contributed by atoms with Crippen molar-refractivity contribution in [1.82, 2.24) is 30.1 Å². The van der Waals surface area contributed by atoms with Crippen molar-refractivity contribution in [3.63, 3.8) is 0 Å². The van der Waals surface area contributed by atoms with Crippen LogP contribution in [0.2, 0.25) is 0 Å². The number of nitrogens with one attached hydrogen (secondary N) is 1. The number of benzene rings is 2. The zero-order chi connectivity index (χ0) is 22.8. The first-order valence-corrected chi connectivity index (χ1v) is 11.1. The Bertz CT molecular complexity index is 1220. The van der Waals surface area contributed by atoms with Crippen molar-refractivity contribution in [3.05, 3.63) is 77.8 Å². The minimum Gasteiger partial charge on any atom is -0.337 e. The van der Waals surface area contributed by atoms with E-state index in [4.69, 9.17) is 4.52 Å². The summed E-state index contributed by atoms with van der Waals surface area (Å²) >= 11 is 0. The van der Waals surface area contributed by atoms with Crippen LogP contribution in [-0.2, 0) is 0 Å². The van der Waals surface area contributed by atoms with Crippen molar-refractivity contribution in [1.29, 1.82) is 0 Å². The first-order chi connectivity index (χ1) is 16.1. The van der Waals surface area contributed by atoms with Gasteiger partial charge >= 0.3 is 0 Å². The summed E-state index contributed by atoms with van der Waals surface area (Å²) in [6, 6.07) is 19.7. The van der Waals surface area contributed by atoms with Gasteiger partial charge in [0, 0.05) is 37.3 Å². The number of aromatic nitrogens is 4. The average Bonchev–Trinajstić information content (AvgIpc) is 3.55. The van der Waals surface area contributed by atoms with Crippen molar-refractivity contribution >= 4 is 5.91 Å². The average molecular weight is 443 g/mol. The zero-order valence-corrected chi connectivity index (χ0v) is 18.7. The molecular formula is C25H26N6O2. The molecule has 1 aliphatic heterocycles. The molecule has 3 heterocycles. The van der Waals surface area contributed by atoms with E-state index >= 15 is 0 Å².